The second-order valence-electron chi connectivity index (χ2n) is 6.94. The molecule has 2 amide bonds. The fraction of sp³-hybridized carbons (Fsp3) is 0.867. The van der Waals surface area contributed by atoms with Gasteiger partial charge in [0.25, 0.3) is 0 Å². The van der Waals surface area contributed by atoms with Gasteiger partial charge in [-0.05, 0) is 31.3 Å². The quantitative estimate of drug-likeness (QED) is 0.781. The van der Waals surface area contributed by atoms with Gasteiger partial charge in [0, 0.05) is 26.2 Å². The highest BCUT2D eigenvalue weighted by Gasteiger charge is 2.29. The lowest BCUT2D eigenvalue weighted by atomic mass is 9.85. The molecule has 122 valence electrons. The molecule has 0 radical (unpaired) electrons. The number of carboxylic acids is 1. The third-order valence-electron chi connectivity index (χ3n) is 4.02. The van der Waals surface area contributed by atoms with E-state index < -0.39 is 5.97 Å². The summed E-state index contributed by atoms with van der Waals surface area (Å²) in [5, 5.41) is 11.8. The number of aliphatic carboxylic acids is 1. The summed E-state index contributed by atoms with van der Waals surface area (Å²) in [6, 6.07) is -0.577. The highest BCUT2D eigenvalue weighted by atomic mass is 16.4. The number of amides is 2. The molecular weight excluding hydrogens is 270 g/mol. The topological polar surface area (TPSA) is 72.9 Å². The summed E-state index contributed by atoms with van der Waals surface area (Å²) in [6.07, 6.45) is 2.41. The van der Waals surface area contributed by atoms with Gasteiger partial charge in [0.2, 0.25) is 0 Å². The lowest BCUT2D eigenvalue weighted by Crippen LogP contribution is -2.50. The van der Waals surface area contributed by atoms with E-state index in [9.17, 15) is 9.59 Å². The summed E-state index contributed by atoms with van der Waals surface area (Å²) in [6.45, 7) is 9.57. The van der Waals surface area contributed by atoms with Gasteiger partial charge < -0.3 is 20.2 Å². The maximum Gasteiger partial charge on any atom is 0.317 e. The zero-order chi connectivity index (χ0) is 16.0. The number of carboxylic acid groups (broad SMARTS) is 1. The fourth-order valence-corrected chi connectivity index (χ4v) is 2.41. The van der Waals surface area contributed by atoms with Gasteiger partial charge in [-0.25, -0.2) is 4.79 Å². The van der Waals surface area contributed by atoms with Crippen LogP contribution in [0.2, 0.25) is 0 Å². The van der Waals surface area contributed by atoms with Crippen LogP contribution in [0.25, 0.3) is 0 Å². The summed E-state index contributed by atoms with van der Waals surface area (Å²) in [5.74, 6) is -0.894. The number of carbonyl (C=O) groups is 2. The minimum absolute atomic E-state index is 0.0603. The van der Waals surface area contributed by atoms with Crippen LogP contribution in [0.1, 0.15) is 40.0 Å². The molecule has 0 aromatic carbocycles. The van der Waals surface area contributed by atoms with E-state index in [1.54, 1.807) is 11.9 Å². The third-order valence-corrected chi connectivity index (χ3v) is 4.02. The maximum absolute atomic E-state index is 12.2. The molecule has 21 heavy (non-hydrogen) atoms. The Bertz CT molecular complexity index is 360. The van der Waals surface area contributed by atoms with Crippen molar-refractivity contribution in [3.63, 3.8) is 0 Å². The van der Waals surface area contributed by atoms with Gasteiger partial charge in [-0.2, -0.15) is 0 Å². The van der Waals surface area contributed by atoms with Crippen LogP contribution in [-0.2, 0) is 4.79 Å². The van der Waals surface area contributed by atoms with E-state index in [-0.39, 0.29) is 23.9 Å². The first kappa shape index (κ1) is 17.8. The molecule has 6 heteroatoms. The summed E-state index contributed by atoms with van der Waals surface area (Å²) >= 11 is 0. The Labute approximate surface area is 127 Å². The molecule has 0 spiro atoms. The number of urea groups is 1. The largest absolute Gasteiger partial charge is 0.481 e. The standard InChI is InChI=1S/C15H29N3O3/c1-15(2,3)12(11-13(19)20)16-14(21)17(4)9-10-18-7-5-6-8-18/h12H,5-11H2,1-4H3,(H,16,21)(H,19,20). The second-order valence-corrected chi connectivity index (χ2v) is 6.94. The predicted molar refractivity (Wildman–Crippen MR) is 82.3 cm³/mol. The number of nitrogens with one attached hydrogen (secondary N) is 1. The van der Waals surface area contributed by atoms with Gasteiger partial charge in [0.15, 0.2) is 0 Å². The Morgan fingerprint density at radius 1 is 1.29 bits per heavy atom. The lowest BCUT2D eigenvalue weighted by Gasteiger charge is -2.32. The van der Waals surface area contributed by atoms with E-state index in [4.69, 9.17) is 5.11 Å². The van der Waals surface area contributed by atoms with Gasteiger partial charge in [0.1, 0.15) is 0 Å². The molecule has 0 saturated carbocycles. The van der Waals surface area contributed by atoms with Crippen LogP contribution >= 0.6 is 0 Å². The van der Waals surface area contributed by atoms with Crippen molar-refractivity contribution in [1.29, 1.82) is 0 Å². The Morgan fingerprint density at radius 2 is 1.86 bits per heavy atom. The van der Waals surface area contributed by atoms with Gasteiger partial charge in [-0.1, -0.05) is 20.8 Å². The molecule has 1 saturated heterocycles. The Morgan fingerprint density at radius 3 is 2.33 bits per heavy atom. The van der Waals surface area contributed by atoms with Crippen LogP contribution in [0.15, 0.2) is 0 Å². The van der Waals surface area contributed by atoms with Crippen molar-refractivity contribution in [2.75, 3.05) is 33.2 Å². The molecule has 1 fully saturated rings. The number of likely N-dealkylation sites (tertiary alicyclic amines) is 1. The molecule has 1 atom stereocenters. The highest BCUT2D eigenvalue weighted by Crippen LogP contribution is 2.22. The van der Waals surface area contributed by atoms with Crippen LogP contribution in [0.5, 0.6) is 0 Å². The van der Waals surface area contributed by atoms with E-state index in [1.807, 2.05) is 20.8 Å². The van der Waals surface area contributed by atoms with Gasteiger partial charge >= 0.3 is 12.0 Å². The zero-order valence-corrected chi connectivity index (χ0v) is 13.7. The molecule has 1 rings (SSSR count). The van der Waals surface area contributed by atoms with E-state index in [1.165, 1.54) is 12.8 Å². The van der Waals surface area contributed by atoms with Crippen LogP contribution in [-0.4, -0.2) is 66.2 Å². The Hall–Kier alpha value is -1.30. The molecule has 0 aromatic rings. The highest BCUT2D eigenvalue weighted by molar-refractivity contribution is 5.75. The van der Waals surface area contributed by atoms with Gasteiger partial charge in [-0.15, -0.1) is 0 Å². The lowest BCUT2D eigenvalue weighted by molar-refractivity contribution is -0.138. The first-order valence-electron chi connectivity index (χ1n) is 7.66. The summed E-state index contributed by atoms with van der Waals surface area (Å²) < 4.78 is 0. The molecule has 1 aliphatic heterocycles. The minimum atomic E-state index is -0.894. The minimum Gasteiger partial charge on any atom is -0.481 e. The van der Waals surface area contributed by atoms with Crippen LogP contribution in [0.3, 0.4) is 0 Å². The summed E-state index contributed by atoms with van der Waals surface area (Å²) in [7, 11) is 1.76. The van der Waals surface area contributed by atoms with E-state index in [2.05, 4.69) is 10.2 Å². The van der Waals surface area contributed by atoms with Crippen molar-refractivity contribution in [2.24, 2.45) is 5.41 Å². The van der Waals surface area contributed by atoms with E-state index >= 15 is 0 Å². The summed E-state index contributed by atoms with van der Waals surface area (Å²) in [4.78, 5) is 27.1. The molecule has 1 unspecified atom stereocenters. The van der Waals surface area contributed by atoms with Crippen molar-refractivity contribution in [2.45, 2.75) is 46.1 Å². The Balaban J connectivity index is 2.45. The number of likely N-dealkylation sites (N-methyl/N-ethyl adjacent to an activating group) is 1. The second kappa shape index (κ2) is 7.64. The number of hydrogen-bond acceptors (Lipinski definition) is 3. The SMILES string of the molecule is CN(CCN1CCCC1)C(=O)NC(CC(=O)O)C(C)(C)C. The van der Waals surface area contributed by atoms with Gasteiger partial charge in [0.05, 0.1) is 6.42 Å². The van der Waals surface area contributed by atoms with Crippen molar-refractivity contribution >= 4 is 12.0 Å². The van der Waals surface area contributed by atoms with Crippen LogP contribution < -0.4 is 5.32 Å². The predicted octanol–water partition coefficient (Wildman–Crippen LogP) is 1.61. The molecule has 1 heterocycles. The summed E-state index contributed by atoms with van der Waals surface area (Å²) in [5.41, 5.74) is -0.288. The van der Waals surface area contributed by atoms with E-state index in [0.29, 0.717) is 6.54 Å². The number of nitrogens with zero attached hydrogens (tertiary/aromatic N) is 2. The van der Waals surface area contributed by atoms with Crippen molar-refractivity contribution in [1.82, 2.24) is 15.1 Å². The van der Waals surface area contributed by atoms with E-state index in [0.717, 1.165) is 19.6 Å². The number of carbonyl (C=O) groups excluding carboxylic acids is 1. The third kappa shape index (κ3) is 6.33. The van der Waals surface area contributed by atoms with Crippen LogP contribution in [0, 0.1) is 5.41 Å². The average Bonchev–Trinajstić information content (AvgIpc) is 2.86. The molecule has 0 aromatic heterocycles. The van der Waals surface area contributed by atoms with Crippen molar-refractivity contribution < 1.29 is 14.7 Å². The number of rotatable bonds is 6. The molecule has 0 bridgehead atoms. The van der Waals surface area contributed by atoms with Gasteiger partial charge in [-0.3, -0.25) is 4.79 Å². The van der Waals surface area contributed by atoms with Crippen molar-refractivity contribution in [3.05, 3.63) is 0 Å². The molecule has 6 nitrogen and oxygen atoms in total. The first-order chi connectivity index (χ1) is 9.70. The monoisotopic (exact) mass is 299 g/mol. The maximum atomic E-state index is 12.2. The average molecular weight is 299 g/mol. The molecule has 0 aliphatic carbocycles. The normalized spacial score (nSPS) is 17.5. The molecular formula is C15H29N3O3. The Kier molecular flexibility index (Phi) is 6.45. The molecule has 1 aliphatic rings. The molecule has 2 N–H and O–H groups in total. The van der Waals surface area contributed by atoms with Crippen LogP contribution in [0.4, 0.5) is 4.79 Å². The number of hydrogen-bond donors (Lipinski definition) is 2. The fourth-order valence-electron chi connectivity index (χ4n) is 2.41. The zero-order valence-electron chi connectivity index (χ0n) is 13.7. The van der Waals surface area contributed by atoms with Crippen molar-refractivity contribution in [3.8, 4) is 0 Å². The first-order valence-corrected chi connectivity index (χ1v) is 7.66. The smallest absolute Gasteiger partial charge is 0.317 e.